The molecule has 27 heavy (non-hydrogen) atoms. The summed E-state index contributed by atoms with van der Waals surface area (Å²) in [7, 11) is 0. The Morgan fingerprint density at radius 2 is 1.63 bits per heavy atom. The summed E-state index contributed by atoms with van der Waals surface area (Å²) in [6, 6.07) is 12.8. The first-order chi connectivity index (χ1) is 13.0. The number of nitrogens with one attached hydrogen (secondary N) is 3. The molecule has 0 spiro atoms. The van der Waals surface area contributed by atoms with Gasteiger partial charge in [0, 0.05) is 18.5 Å². The lowest BCUT2D eigenvalue weighted by atomic mass is 10.1. The van der Waals surface area contributed by atoms with Crippen molar-refractivity contribution in [3.63, 3.8) is 0 Å². The van der Waals surface area contributed by atoms with Crippen LogP contribution in [0.5, 0.6) is 5.75 Å². The van der Waals surface area contributed by atoms with Gasteiger partial charge in [-0.2, -0.15) is 0 Å². The highest BCUT2D eigenvalue weighted by Crippen LogP contribution is 2.14. The maximum absolute atomic E-state index is 13.3. The molecule has 0 unspecified atom stereocenters. The lowest BCUT2D eigenvalue weighted by Crippen LogP contribution is -2.44. The summed E-state index contributed by atoms with van der Waals surface area (Å²) in [6.07, 6.45) is -0.0218. The molecule has 0 saturated carbocycles. The number of benzene rings is 2. The van der Waals surface area contributed by atoms with E-state index in [0.29, 0.717) is 5.56 Å². The lowest BCUT2D eigenvalue weighted by molar-refractivity contribution is -0.130. The molecule has 0 fully saturated rings. The molecule has 142 valence electrons. The SMILES string of the molecule is Cc1ccccc1C(=O)NCCC(=O)NNC(=O)COc1ccccc1F. The smallest absolute Gasteiger partial charge is 0.276 e. The van der Waals surface area contributed by atoms with Crippen molar-refractivity contribution in [1.29, 1.82) is 0 Å². The summed E-state index contributed by atoms with van der Waals surface area (Å²) in [5, 5.41) is 2.63. The quantitative estimate of drug-likeness (QED) is 0.641. The molecule has 0 aliphatic heterocycles. The van der Waals surface area contributed by atoms with E-state index in [1.165, 1.54) is 18.2 Å². The van der Waals surface area contributed by atoms with Crippen molar-refractivity contribution in [1.82, 2.24) is 16.2 Å². The molecule has 8 heteroatoms. The van der Waals surface area contributed by atoms with Gasteiger partial charge >= 0.3 is 0 Å². The number of carbonyl (C=O) groups is 3. The van der Waals surface area contributed by atoms with Gasteiger partial charge < -0.3 is 10.1 Å². The number of halogens is 1. The van der Waals surface area contributed by atoms with E-state index in [1.54, 1.807) is 18.2 Å². The fourth-order valence-electron chi connectivity index (χ4n) is 2.16. The topological polar surface area (TPSA) is 96.5 Å². The molecule has 3 N–H and O–H groups in total. The highest BCUT2D eigenvalue weighted by atomic mass is 19.1. The van der Waals surface area contributed by atoms with Crippen LogP contribution in [0.3, 0.4) is 0 Å². The molecule has 0 aliphatic carbocycles. The minimum Gasteiger partial charge on any atom is -0.481 e. The number of aryl methyl sites for hydroxylation is 1. The highest BCUT2D eigenvalue weighted by molar-refractivity contribution is 5.95. The van der Waals surface area contributed by atoms with Crippen LogP contribution in [0.15, 0.2) is 48.5 Å². The molecule has 2 aromatic rings. The largest absolute Gasteiger partial charge is 0.481 e. The number of hydrogen-bond donors (Lipinski definition) is 3. The second-order valence-electron chi connectivity index (χ2n) is 5.64. The maximum atomic E-state index is 13.3. The van der Waals surface area contributed by atoms with Gasteiger partial charge in [-0.05, 0) is 30.7 Å². The summed E-state index contributed by atoms with van der Waals surface area (Å²) in [5.41, 5.74) is 5.72. The summed E-state index contributed by atoms with van der Waals surface area (Å²) in [6.45, 7) is 1.48. The molecular formula is C19H20FN3O4. The van der Waals surface area contributed by atoms with Crippen LogP contribution < -0.4 is 20.9 Å². The molecule has 0 radical (unpaired) electrons. The van der Waals surface area contributed by atoms with Crippen LogP contribution in [-0.2, 0) is 9.59 Å². The van der Waals surface area contributed by atoms with Crippen LogP contribution in [-0.4, -0.2) is 30.9 Å². The van der Waals surface area contributed by atoms with E-state index < -0.39 is 24.2 Å². The standard InChI is InChI=1S/C19H20FN3O4/c1-13-6-2-3-7-14(13)19(26)21-11-10-17(24)22-23-18(25)12-27-16-9-5-4-8-15(16)20/h2-9H,10-12H2,1H3,(H,21,26)(H,22,24)(H,23,25). The fourth-order valence-corrected chi connectivity index (χ4v) is 2.16. The predicted octanol–water partition coefficient (Wildman–Crippen LogP) is 1.48. The van der Waals surface area contributed by atoms with Gasteiger partial charge in [0.05, 0.1) is 0 Å². The molecule has 0 bridgehead atoms. The van der Waals surface area contributed by atoms with Crippen molar-refractivity contribution in [3.05, 3.63) is 65.5 Å². The normalized spacial score (nSPS) is 10.0. The van der Waals surface area contributed by atoms with E-state index in [9.17, 15) is 18.8 Å². The number of ether oxygens (including phenoxy) is 1. The third-order valence-corrected chi connectivity index (χ3v) is 3.56. The third-order valence-electron chi connectivity index (χ3n) is 3.56. The Kier molecular flexibility index (Phi) is 7.30. The lowest BCUT2D eigenvalue weighted by Gasteiger charge is -2.10. The van der Waals surface area contributed by atoms with Crippen molar-refractivity contribution in [2.24, 2.45) is 0 Å². The minimum absolute atomic E-state index is 0.0218. The summed E-state index contributed by atoms with van der Waals surface area (Å²) in [4.78, 5) is 35.3. The summed E-state index contributed by atoms with van der Waals surface area (Å²) in [5.74, 6) is -2.05. The Hall–Kier alpha value is -3.42. The Morgan fingerprint density at radius 1 is 0.963 bits per heavy atom. The van der Waals surface area contributed by atoms with Gasteiger partial charge in [-0.15, -0.1) is 0 Å². The van der Waals surface area contributed by atoms with Gasteiger partial charge in [-0.3, -0.25) is 25.2 Å². The Morgan fingerprint density at radius 3 is 2.37 bits per heavy atom. The van der Waals surface area contributed by atoms with Crippen LogP contribution in [0.4, 0.5) is 4.39 Å². The van der Waals surface area contributed by atoms with Crippen molar-refractivity contribution in [3.8, 4) is 5.75 Å². The summed E-state index contributed by atoms with van der Waals surface area (Å²) < 4.78 is 18.4. The first-order valence-corrected chi connectivity index (χ1v) is 8.26. The van der Waals surface area contributed by atoms with E-state index in [-0.39, 0.29) is 24.6 Å². The highest BCUT2D eigenvalue weighted by Gasteiger charge is 2.10. The molecule has 3 amide bonds. The third kappa shape index (κ3) is 6.43. The maximum Gasteiger partial charge on any atom is 0.276 e. The first kappa shape index (κ1) is 19.9. The molecule has 2 rings (SSSR count). The number of hydrazine groups is 1. The van der Waals surface area contributed by atoms with Crippen LogP contribution in [0.1, 0.15) is 22.3 Å². The molecule has 0 aromatic heterocycles. The van der Waals surface area contributed by atoms with Crippen LogP contribution in [0, 0.1) is 12.7 Å². The van der Waals surface area contributed by atoms with E-state index >= 15 is 0 Å². The number of carbonyl (C=O) groups excluding carboxylic acids is 3. The zero-order valence-corrected chi connectivity index (χ0v) is 14.8. The first-order valence-electron chi connectivity index (χ1n) is 8.26. The van der Waals surface area contributed by atoms with Gasteiger partial charge in [-0.1, -0.05) is 30.3 Å². The Labute approximate surface area is 155 Å². The van der Waals surface area contributed by atoms with Gasteiger partial charge in [0.1, 0.15) is 0 Å². The molecule has 0 aliphatic rings. The van der Waals surface area contributed by atoms with E-state index in [2.05, 4.69) is 16.2 Å². The van der Waals surface area contributed by atoms with E-state index in [0.717, 1.165) is 5.56 Å². The molecule has 0 heterocycles. The molecule has 7 nitrogen and oxygen atoms in total. The van der Waals surface area contributed by atoms with Crippen molar-refractivity contribution in [2.75, 3.05) is 13.2 Å². The molecular weight excluding hydrogens is 353 g/mol. The summed E-state index contributed by atoms with van der Waals surface area (Å²) >= 11 is 0. The minimum atomic E-state index is -0.643. The fraction of sp³-hybridized carbons (Fsp3) is 0.211. The van der Waals surface area contributed by atoms with Gasteiger partial charge in [-0.25, -0.2) is 4.39 Å². The Bertz CT molecular complexity index is 826. The Balaban J connectivity index is 1.64. The van der Waals surface area contributed by atoms with Crippen molar-refractivity contribution >= 4 is 17.7 Å². The average Bonchev–Trinajstić information content (AvgIpc) is 2.66. The van der Waals surface area contributed by atoms with Crippen LogP contribution >= 0.6 is 0 Å². The molecule has 0 atom stereocenters. The zero-order valence-electron chi connectivity index (χ0n) is 14.8. The monoisotopic (exact) mass is 373 g/mol. The van der Waals surface area contributed by atoms with E-state index in [4.69, 9.17) is 4.74 Å². The second kappa shape index (κ2) is 9.91. The van der Waals surface area contributed by atoms with Crippen LogP contribution in [0.25, 0.3) is 0 Å². The number of amides is 3. The zero-order chi connectivity index (χ0) is 19.6. The van der Waals surface area contributed by atoms with Crippen LogP contribution in [0.2, 0.25) is 0 Å². The van der Waals surface area contributed by atoms with Crippen molar-refractivity contribution < 1.29 is 23.5 Å². The number of hydrogen-bond acceptors (Lipinski definition) is 4. The second-order valence-corrected chi connectivity index (χ2v) is 5.64. The van der Waals surface area contributed by atoms with Gasteiger partial charge in [0.2, 0.25) is 5.91 Å². The average molecular weight is 373 g/mol. The number of rotatable bonds is 7. The molecule has 0 saturated heterocycles. The van der Waals surface area contributed by atoms with Crippen molar-refractivity contribution in [2.45, 2.75) is 13.3 Å². The molecule has 2 aromatic carbocycles. The van der Waals surface area contributed by atoms with Gasteiger partial charge in [0.25, 0.3) is 11.8 Å². The van der Waals surface area contributed by atoms with Gasteiger partial charge in [0.15, 0.2) is 18.2 Å². The number of para-hydroxylation sites is 1. The van der Waals surface area contributed by atoms with E-state index in [1.807, 2.05) is 19.1 Å². The predicted molar refractivity (Wildman–Crippen MR) is 96.3 cm³/mol.